The number of pyridine rings is 1. The molecular weight excluding hydrogens is 351 g/mol. The summed E-state index contributed by atoms with van der Waals surface area (Å²) in [6.45, 7) is 3.03. The van der Waals surface area contributed by atoms with Gasteiger partial charge in [-0.3, -0.25) is 14.6 Å². The van der Waals surface area contributed by atoms with E-state index in [1.54, 1.807) is 29.4 Å². The summed E-state index contributed by atoms with van der Waals surface area (Å²) in [6, 6.07) is 3.67. The van der Waals surface area contributed by atoms with Gasteiger partial charge in [0.05, 0.1) is 5.92 Å². The van der Waals surface area contributed by atoms with E-state index in [1.807, 2.05) is 0 Å². The second-order valence-corrected chi connectivity index (χ2v) is 6.02. The number of carbonyl (C=O) groups is 2. The quantitative estimate of drug-likeness (QED) is 0.834. The van der Waals surface area contributed by atoms with Crippen molar-refractivity contribution in [3.63, 3.8) is 0 Å². The summed E-state index contributed by atoms with van der Waals surface area (Å²) in [5, 5.41) is 6.34. The van der Waals surface area contributed by atoms with Crippen LogP contribution >= 0.6 is 24.8 Å². The fourth-order valence-electron chi connectivity index (χ4n) is 3.15. The molecule has 1 aromatic heterocycles. The van der Waals surface area contributed by atoms with Crippen LogP contribution in [0.3, 0.4) is 0 Å². The van der Waals surface area contributed by atoms with E-state index in [9.17, 15) is 9.59 Å². The maximum atomic E-state index is 12.5. The van der Waals surface area contributed by atoms with E-state index in [-0.39, 0.29) is 48.6 Å². The lowest BCUT2D eigenvalue weighted by atomic mass is 9.96. The lowest BCUT2D eigenvalue weighted by Crippen LogP contribution is -2.48. The third-order valence-corrected chi connectivity index (χ3v) is 4.41. The molecular formula is C16H24Cl2N4O2. The summed E-state index contributed by atoms with van der Waals surface area (Å²) in [4.78, 5) is 30.6. The number of likely N-dealkylation sites (tertiary alicyclic amines) is 1. The third kappa shape index (κ3) is 5.06. The Bertz CT molecular complexity index is 538. The van der Waals surface area contributed by atoms with Crippen LogP contribution in [-0.2, 0) is 4.79 Å². The van der Waals surface area contributed by atoms with Crippen molar-refractivity contribution in [3.05, 3.63) is 30.1 Å². The Morgan fingerprint density at radius 2 is 1.96 bits per heavy atom. The van der Waals surface area contributed by atoms with Gasteiger partial charge in [0.25, 0.3) is 5.91 Å². The molecule has 2 saturated heterocycles. The molecule has 2 N–H and O–H groups in total. The lowest BCUT2D eigenvalue weighted by molar-refractivity contribution is -0.126. The van der Waals surface area contributed by atoms with Crippen LogP contribution in [0.1, 0.15) is 29.6 Å². The topological polar surface area (TPSA) is 74.3 Å². The van der Waals surface area contributed by atoms with Crippen LogP contribution in [0, 0.1) is 5.92 Å². The van der Waals surface area contributed by atoms with Crippen molar-refractivity contribution in [1.29, 1.82) is 0 Å². The number of nitrogens with zero attached hydrogens (tertiary/aromatic N) is 2. The average Bonchev–Trinajstić information content (AvgIpc) is 3.08. The minimum atomic E-state index is -0.0971. The molecule has 1 aromatic rings. The molecule has 0 bridgehead atoms. The fourth-order valence-corrected chi connectivity index (χ4v) is 3.15. The maximum absolute atomic E-state index is 12.5. The molecule has 0 radical (unpaired) electrons. The molecule has 0 aliphatic carbocycles. The van der Waals surface area contributed by atoms with Crippen LogP contribution in [0.25, 0.3) is 0 Å². The van der Waals surface area contributed by atoms with Crippen molar-refractivity contribution in [2.75, 3.05) is 26.2 Å². The van der Waals surface area contributed by atoms with E-state index in [4.69, 9.17) is 0 Å². The van der Waals surface area contributed by atoms with Crippen LogP contribution in [0.5, 0.6) is 0 Å². The molecule has 134 valence electrons. The number of carbonyl (C=O) groups excluding carboxylic acids is 2. The SMILES string of the molecule is Cl.Cl.O=C(NC1CCNC1)C1CCCN(C(=O)c2ccncc2)C1. The molecule has 2 unspecified atom stereocenters. The standard InChI is InChI=1S/C16H22N4O2.2ClH/c21-15(19-14-5-8-18-10-14)13-2-1-9-20(11-13)16(22)12-3-6-17-7-4-12;;/h3-4,6-7,13-14,18H,1-2,5,8-11H2,(H,19,21);2*1H. The van der Waals surface area contributed by atoms with Gasteiger partial charge in [0.1, 0.15) is 0 Å². The van der Waals surface area contributed by atoms with Gasteiger partial charge < -0.3 is 15.5 Å². The van der Waals surface area contributed by atoms with Crippen LogP contribution in [0.15, 0.2) is 24.5 Å². The highest BCUT2D eigenvalue weighted by Gasteiger charge is 2.30. The molecule has 2 atom stereocenters. The lowest BCUT2D eigenvalue weighted by Gasteiger charge is -2.32. The summed E-state index contributed by atoms with van der Waals surface area (Å²) in [5.74, 6) is -0.0245. The molecule has 6 nitrogen and oxygen atoms in total. The highest BCUT2D eigenvalue weighted by molar-refractivity contribution is 5.94. The van der Waals surface area contributed by atoms with Gasteiger partial charge in [0.2, 0.25) is 5.91 Å². The minimum Gasteiger partial charge on any atom is -0.352 e. The first-order chi connectivity index (χ1) is 10.7. The van der Waals surface area contributed by atoms with Crippen molar-refractivity contribution < 1.29 is 9.59 Å². The Morgan fingerprint density at radius 3 is 2.62 bits per heavy atom. The summed E-state index contributed by atoms with van der Waals surface area (Å²) >= 11 is 0. The molecule has 2 amide bonds. The Hall–Kier alpha value is -1.37. The van der Waals surface area contributed by atoms with E-state index >= 15 is 0 Å². The molecule has 24 heavy (non-hydrogen) atoms. The van der Waals surface area contributed by atoms with Crippen molar-refractivity contribution in [2.24, 2.45) is 5.92 Å². The van der Waals surface area contributed by atoms with E-state index in [2.05, 4.69) is 15.6 Å². The van der Waals surface area contributed by atoms with Crippen molar-refractivity contribution in [3.8, 4) is 0 Å². The van der Waals surface area contributed by atoms with E-state index in [0.717, 1.165) is 38.9 Å². The van der Waals surface area contributed by atoms with Gasteiger partial charge in [-0.05, 0) is 37.9 Å². The van der Waals surface area contributed by atoms with E-state index in [1.165, 1.54) is 0 Å². The number of piperidine rings is 1. The largest absolute Gasteiger partial charge is 0.352 e. The summed E-state index contributed by atoms with van der Waals surface area (Å²) in [6.07, 6.45) is 5.95. The highest BCUT2D eigenvalue weighted by Crippen LogP contribution is 2.19. The van der Waals surface area contributed by atoms with Gasteiger partial charge in [-0.15, -0.1) is 24.8 Å². The van der Waals surface area contributed by atoms with Crippen LogP contribution in [-0.4, -0.2) is 53.9 Å². The molecule has 0 spiro atoms. The third-order valence-electron chi connectivity index (χ3n) is 4.41. The highest BCUT2D eigenvalue weighted by atomic mass is 35.5. The number of aromatic nitrogens is 1. The van der Waals surface area contributed by atoms with Gasteiger partial charge in [0, 0.05) is 43.6 Å². The molecule has 0 aromatic carbocycles. The summed E-state index contributed by atoms with van der Waals surface area (Å²) in [7, 11) is 0. The number of nitrogens with one attached hydrogen (secondary N) is 2. The zero-order valence-electron chi connectivity index (χ0n) is 13.4. The van der Waals surface area contributed by atoms with Crippen LogP contribution in [0.2, 0.25) is 0 Å². The van der Waals surface area contributed by atoms with Crippen molar-refractivity contribution >= 4 is 36.6 Å². The smallest absolute Gasteiger partial charge is 0.253 e. The minimum absolute atomic E-state index is 0. The number of halogens is 2. The monoisotopic (exact) mass is 374 g/mol. The van der Waals surface area contributed by atoms with Crippen molar-refractivity contribution in [1.82, 2.24) is 20.5 Å². The average molecular weight is 375 g/mol. The Kier molecular flexibility index (Phi) is 8.45. The van der Waals surface area contributed by atoms with Gasteiger partial charge >= 0.3 is 0 Å². The Balaban J connectivity index is 0.00000144. The molecule has 8 heteroatoms. The predicted octanol–water partition coefficient (Wildman–Crippen LogP) is 1.26. The molecule has 0 saturated carbocycles. The second kappa shape index (κ2) is 9.81. The molecule has 2 fully saturated rings. The molecule has 3 rings (SSSR count). The van der Waals surface area contributed by atoms with Gasteiger partial charge in [-0.2, -0.15) is 0 Å². The summed E-state index contributed by atoms with van der Waals surface area (Å²) < 4.78 is 0. The number of amides is 2. The van der Waals surface area contributed by atoms with Crippen molar-refractivity contribution in [2.45, 2.75) is 25.3 Å². The van der Waals surface area contributed by atoms with Gasteiger partial charge in [-0.25, -0.2) is 0 Å². The zero-order chi connectivity index (χ0) is 15.4. The molecule has 2 aliphatic rings. The number of hydrogen-bond donors (Lipinski definition) is 2. The first kappa shape index (κ1) is 20.7. The Labute approximate surface area is 154 Å². The molecule has 2 aliphatic heterocycles. The van der Waals surface area contributed by atoms with E-state index in [0.29, 0.717) is 12.1 Å². The van der Waals surface area contributed by atoms with Crippen LogP contribution in [0.4, 0.5) is 0 Å². The second-order valence-electron chi connectivity index (χ2n) is 6.02. The predicted molar refractivity (Wildman–Crippen MR) is 96.8 cm³/mol. The zero-order valence-corrected chi connectivity index (χ0v) is 15.1. The Morgan fingerprint density at radius 1 is 1.21 bits per heavy atom. The summed E-state index contributed by atoms with van der Waals surface area (Å²) in [5.41, 5.74) is 0.635. The van der Waals surface area contributed by atoms with Crippen LogP contribution < -0.4 is 10.6 Å². The van der Waals surface area contributed by atoms with Gasteiger partial charge in [0.15, 0.2) is 0 Å². The fraction of sp³-hybridized carbons (Fsp3) is 0.562. The number of hydrogen-bond acceptors (Lipinski definition) is 4. The normalized spacial score (nSPS) is 22.9. The van der Waals surface area contributed by atoms with Gasteiger partial charge in [-0.1, -0.05) is 0 Å². The van der Waals surface area contributed by atoms with E-state index < -0.39 is 0 Å². The molecule has 3 heterocycles. The first-order valence-electron chi connectivity index (χ1n) is 7.94. The first-order valence-corrected chi connectivity index (χ1v) is 7.94. The maximum Gasteiger partial charge on any atom is 0.253 e. The number of rotatable bonds is 3.